The Hall–Kier alpha value is -2.69. The summed E-state index contributed by atoms with van der Waals surface area (Å²) in [6.45, 7) is 3.58. The van der Waals surface area contributed by atoms with E-state index in [4.69, 9.17) is 19.3 Å². The molecule has 2 aromatic carbocycles. The topological polar surface area (TPSA) is 65.0 Å². The van der Waals surface area contributed by atoms with Crippen molar-refractivity contribution in [3.8, 4) is 17.2 Å². The summed E-state index contributed by atoms with van der Waals surface area (Å²) < 4.78 is 17.0. The van der Waals surface area contributed by atoms with Gasteiger partial charge in [-0.1, -0.05) is 18.2 Å². The molecule has 0 radical (unpaired) electrons. The minimum absolute atomic E-state index is 0.0794. The number of hydrogen-bond acceptors (Lipinski definition) is 4. The van der Waals surface area contributed by atoms with Crippen molar-refractivity contribution in [2.45, 2.75) is 25.7 Å². The van der Waals surface area contributed by atoms with Crippen LogP contribution in [0.25, 0.3) is 0 Å². The highest BCUT2D eigenvalue weighted by molar-refractivity contribution is 5.68. The minimum Gasteiger partial charge on any atom is -0.493 e. The minimum atomic E-state index is -0.810. The molecule has 0 saturated heterocycles. The van der Waals surface area contributed by atoms with E-state index in [1.54, 1.807) is 0 Å². The van der Waals surface area contributed by atoms with Gasteiger partial charge in [0.05, 0.1) is 26.2 Å². The van der Waals surface area contributed by atoms with E-state index >= 15 is 0 Å². The zero-order chi connectivity index (χ0) is 17.6. The van der Waals surface area contributed by atoms with E-state index in [1.165, 1.54) is 5.56 Å². The number of hydrogen-bond donors (Lipinski definition) is 1. The lowest BCUT2D eigenvalue weighted by Crippen LogP contribution is -2.07. The second-order valence-electron chi connectivity index (χ2n) is 6.17. The summed E-state index contributed by atoms with van der Waals surface area (Å²) in [4.78, 5) is 10.9. The molecular formula is C20H22O5. The fraction of sp³-hybridized carbons (Fsp3) is 0.350. The van der Waals surface area contributed by atoms with Crippen molar-refractivity contribution < 1.29 is 24.1 Å². The number of benzene rings is 2. The van der Waals surface area contributed by atoms with Crippen LogP contribution in [-0.2, 0) is 4.79 Å². The highest BCUT2D eigenvalue weighted by atomic mass is 16.5. The van der Waals surface area contributed by atoms with Crippen LogP contribution < -0.4 is 14.2 Å². The summed E-state index contributed by atoms with van der Waals surface area (Å²) >= 11 is 0. The van der Waals surface area contributed by atoms with Gasteiger partial charge in [-0.05, 0) is 30.7 Å². The molecule has 3 rings (SSSR count). The molecule has 1 atom stereocenters. The summed E-state index contributed by atoms with van der Waals surface area (Å²) in [6.07, 6.45) is 0.858. The van der Waals surface area contributed by atoms with E-state index in [2.05, 4.69) is 0 Å². The number of rotatable bonds is 8. The third kappa shape index (κ3) is 4.66. The quantitative estimate of drug-likeness (QED) is 0.739. The van der Waals surface area contributed by atoms with Crippen LogP contribution in [0.4, 0.5) is 0 Å². The van der Waals surface area contributed by atoms with Gasteiger partial charge in [-0.3, -0.25) is 4.79 Å². The highest BCUT2D eigenvalue weighted by Crippen LogP contribution is 2.38. The average Bonchev–Trinajstić information content (AvgIpc) is 2.96. The maximum atomic E-state index is 10.9. The Balaban J connectivity index is 1.44. The first-order valence-electron chi connectivity index (χ1n) is 8.42. The predicted octanol–water partition coefficient (Wildman–Crippen LogP) is 3.79. The molecule has 0 spiro atoms. The molecule has 0 saturated carbocycles. The summed E-state index contributed by atoms with van der Waals surface area (Å²) in [7, 11) is 0. The largest absolute Gasteiger partial charge is 0.493 e. The number of carboxylic acids is 1. The van der Waals surface area contributed by atoms with E-state index in [0.717, 1.165) is 29.2 Å². The summed E-state index contributed by atoms with van der Waals surface area (Å²) in [5, 5.41) is 8.93. The molecule has 0 aromatic heterocycles. The molecule has 1 heterocycles. The third-order valence-corrected chi connectivity index (χ3v) is 4.10. The van der Waals surface area contributed by atoms with Gasteiger partial charge < -0.3 is 19.3 Å². The van der Waals surface area contributed by atoms with Crippen LogP contribution in [0.1, 0.15) is 29.9 Å². The molecule has 1 aliphatic rings. The van der Waals surface area contributed by atoms with Gasteiger partial charge >= 0.3 is 5.97 Å². The van der Waals surface area contributed by atoms with Crippen LogP contribution in [-0.4, -0.2) is 30.9 Å². The lowest BCUT2D eigenvalue weighted by atomic mass is 9.98. The van der Waals surface area contributed by atoms with Crippen molar-refractivity contribution in [3.05, 3.63) is 53.6 Å². The molecule has 0 aliphatic carbocycles. The Morgan fingerprint density at radius 1 is 1.16 bits per heavy atom. The number of aliphatic carboxylic acids is 1. The van der Waals surface area contributed by atoms with Crippen molar-refractivity contribution >= 4 is 5.97 Å². The second kappa shape index (κ2) is 7.92. The zero-order valence-electron chi connectivity index (χ0n) is 14.2. The molecule has 1 aliphatic heterocycles. The molecule has 0 amide bonds. The smallest absolute Gasteiger partial charge is 0.304 e. The Morgan fingerprint density at radius 2 is 1.92 bits per heavy atom. The van der Waals surface area contributed by atoms with Crippen molar-refractivity contribution in [2.24, 2.45) is 0 Å². The number of ether oxygens (including phenoxy) is 3. The summed E-state index contributed by atoms with van der Waals surface area (Å²) in [5.41, 5.74) is 2.12. The molecule has 2 aromatic rings. The third-order valence-electron chi connectivity index (χ3n) is 4.10. The van der Waals surface area contributed by atoms with E-state index in [0.29, 0.717) is 19.8 Å². The van der Waals surface area contributed by atoms with Crippen molar-refractivity contribution in [1.82, 2.24) is 0 Å². The van der Waals surface area contributed by atoms with E-state index in [1.807, 2.05) is 49.4 Å². The number of carboxylic acid groups (broad SMARTS) is 1. The monoisotopic (exact) mass is 342 g/mol. The molecule has 5 nitrogen and oxygen atoms in total. The average molecular weight is 342 g/mol. The van der Waals surface area contributed by atoms with E-state index in [9.17, 15) is 4.79 Å². The zero-order valence-corrected chi connectivity index (χ0v) is 14.2. The first kappa shape index (κ1) is 17.1. The van der Waals surface area contributed by atoms with Gasteiger partial charge in [0.25, 0.3) is 0 Å². The second-order valence-corrected chi connectivity index (χ2v) is 6.17. The molecule has 25 heavy (non-hydrogen) atoms. The highest BCUT2D eigenvalue weighted by Gasteiger charge is 2.26. The molecule has 132 valence electrons. The van der Waals surface area contributed by atoms with Crippen molar-refractivity contribution in [1.29, 1.82) is 0 Å². The van der Waals surface area contributed by atoms with Gasteiger partial charge in [0.1, 0.15) is 17.2 Å². The molecule has 0 fully saturated rings. The maximum absolute atomic E-state index is 10.9. The Kier molecular flexibility index (Phi) is 5.43. The predicted molar refractivity (Wildman–Crippen MR) is 93.7 cm³/mol. The van der Waals surface area contributed by atoms with Gasteiger partial charge in [-0.25, -0.2) is 0 Å². The first-order valence-corrected chi connectivity index (χ1v) is 8.42. The van der Waals surface area contributed by atoms with Crippen LogP contribution in [0.5, 0.6) is 17.2 Å². The van der Waals surface area contributed by atoms with Crippen LogP contribution in [0.3, 0.4) is 0 Å². The fourth-order valence-corrected chi connectivity index (χ4v) is 2.87. The first-order chi connectivity index (χ1) is 12.1. The van der Waals surface area contributed by atoms with Gasteiger partial charge in [0.2, 0.25) is 0 Å². The van der Waals surface area contributed by atoms with Gasteiger partial charge in [-0.15, -0.1) is 0 Å². The summed E-state index contributed by atoms with van der Waals surface area (Å²) in [6, 6.07) is 13.6. The van der Waals surface area contributed by atoms with Crippen molar-refractivity contribution in [3.63, 3.8) is 0 Å². The lowest BCUT2D eigenvalue weighted by Gasteiger charge is -2.10. The van der Waals surface area contributed by atoms with E-state index in [-0.39, 0.29) is 12.3 Å². The molecule has 5 heteroatoms. The Labute approximate surface area is 147 Å². The van der Waals surface area contributed by atoms with Gasteiger partial charge in [-0.2, -0.15) is 0 Å². The number of fused-ring (bicyclic) bond motifs is 1. The lowest BCUT2D eigenvalue weighted by molar-refractivity contribution is -0.137. The number of carbonyl (C=O) groups is 1. The fourth-order valence-electron chi connectivity index (χ4n) is 2.87. The van der Waals surface area contributed by atoms with Crippen molar-refractivity contribution in [2.75, 3.05) is 19.8 Å². The maximum Gasteiger partial charge on any atom is 0.304 e. The van der Waals surface area contributed by atoms with Crippen LogP contribution in [0.2, 0.25) is 0 Å². The van der Waals surface area contributed by atoms with Crippen LogP contribution in [0.15, 0.2) is 42.5 Å². The van der Waals surface area contributed by atoms with Gasteiger partial charge in [0, 0.05) is 24.0 Å². The SMILES string of the molecule is Cc1cccc(OCCCOc2ccc3c(c2)OCC3CC(=O)O)c1. The van der Waals surface area contributed by atoms with Crippen LogP contribution in [0, 0.1) is 6.92 Å². The van der Waals surface area contributed by atoms with E-state index < -0.39 is 5.97 Å². The Bertz CT molecular complexity index is 741. The summed E-state index contributed by atoms with van der Waals surface area (Å²) in [5.74, 6) is 1.43. The Morgan fingerprint density at radius 3 is 2.64 bits per heavy atom. The molecular weight excluding hydrogens is 320 g/mol. The molecule has 1 unspecified atom stereocenters. The molecule has 1 N–H and O–H groups in total. The molecule has 0 bridgehead atoms. The normalized spacial score (nSPS) is 15.3. The van der Waals surface area contributed by atoms with Gasteiger partial charge in [0.15, 0.2) is 0 Å². The standard InChI is InChI=1S/C20H22O5/c1-14-4-2-5-16(10-14)23-8-3-9-24-17-6-7-18-15(11-20(21)22)13-25-19(18)12-17/h2,4-7,10,12,15H,3,8-9,11,13H2,1H3,(H,21,22). The number of aryl methyl sites for hydroxylation is 1. The van der Waals surface area contributed by atoms with Crippen LogP contribution >= 0.6 is 0 Å².